The maximum absolute atomic E-state index is 12.4. The number of non-ortho nitro benzene ring substituents is 1. The number of benzene rings is 2. The molecule has 2 rings (SSSR count). The molecular formula is C13H15N5O6S2. The number of nitrogens with two attached hydrogens (primary N) is 2. The van der Waals surface area contributed by atoms with Crippen molar-refractivity contribution in [1.29, 1.82) is 0 Å². The average molecular weight is 401 g/mol. The highest BCUT2D eigenvalue weighted by atomic mass is 32.2. The van der Waals surface area contributed by atoms with E-state index >= 15 is 0 Å². The lowest BCUT2D eigenvalue weighted by molar-refractivity contribution is -0.385. The van der Waals surface area contributed by atoms with Gasteiger partial charge in [0.05, 0.1) is 10.6 Å². The predicted octanol–water partition coefficient (Wildman–Crippen LogP) is 0.445. The van der Waals surface area contributed by atoms with Crippen LogP contribution in [0.25, 0.3) is 0 Å². The molecule has 0 saturated carbocycles. The van der Waals surface area contributed by atoms with Gasteiger partial charge in [-0.25, -0.2) is 22.0 Å². The fraction of sp³-hybridized carbons (Fsp3) is 0.0769. The van der Waals surface area contributed by atoms with Crippen molar-refractivity contribution in [1.82, 2.24) is 4.72 Å². The third-order valence-electron chi connectivity index (χ3n) is 3.11. The Morgan fingerprint density at radius 1 is 1.04 bits per heavy atom. The molecule has 2 aromatic rings. The number of nitro groups is 1. The first-order valence-corrected chi connectivity index (χ1v) is 10.1. The van der Waals surface area contributed by atoms with Crippen molar-refractivity contribution < 1.29 is 21.8 Å². The number of nitrogen functional groups attached to an aromatic ring is 1. The van der Waals surface area contributed by atoms with Crippen molar-refractivity contribution >= 4 is 42.8 Å². The Balaban J connectivity index is 2.48. The molecule has 0 radical (unpaired) electrons. The van der Waals surface area contributed by atoms with Gasteiger partial charge in [-0.2, -0.15) is 4.72 Å². The van der Waals surface area contributed by atoms with Crippen LogP contribution >= 0.6 is 0 Å². The molecule has 0 saturated heterocycles. The number of anilines is 3. The molecule has 26 heavy (non-hydrogen) atoms. The molecule has 0 aliphatic heterocycles. The Morgan fingerprint density at radius 2 is 1.65 bits per heavy atom. The van der Waals surface area contributed by atoms with E-state index < -0.39 is 41.4 Å². The highest BCUT2D eigenvalue weighted by Gasteiger charge is 2.23. The van der Waals surface area contributed by atoms with Crippen molar-refractivity contribution in [2.75, 3.05) is 16.9 Å². The molecule has 0 unspecified atom stereocenters. The van der Waals surface area contributed by atoms with E-state index in [-0.39, 0.29) is 5.69 Å². The van der Waals surface area contributed by atoms with Crippen molar-refractivity contribution in [3.63, 3.8) is 0 Å². The first-order chi connectivity index (χ1) is 12.0. The second-order valence-electron chi connectivity index (χ2n) is 5.14. The topological polar surface area (TPSA) is 188 Å². The number of hydrogen-bond acceptors (Lipinski definition) is 8. The Labute approximate surface area is 149 Å². The van der Waals surface area contributed by atoms with Gasteiger partial charge in [0.2, 0.25) is 20.0 Å². The van der Waals surface area contributed by atoms with Crippen LogP contribution in [-0.2, 0) is 20.0 Å². The lowest BCUT2D eigenvalue weighted by Gasteiger charge is -2.13. The van der Waals surface area contributed by atoms with Crippen molar-refractivity contribution in [2.24, 2.45) is 5.14 Å². The summed E-state index contributed by atoms with van der Waals surface area (Å²) in [7, 11) is -8.54. The Bertz CT molecular complexity index is 1040. The van der Waals surface area contributed by atoms with Crippen LogP contribution in [0, 0.1) is 10.1 Å². The summed E-state index contributed by atoms with van der Waals surface area (Å²) in [6.07, 6.45) is 0. The third kappa shape index (κ3) is 5.13. The molecule has 11 nitrogen and oxygen atoms in total. The zero-order valence-corrected chi connectivity index (χ0v) is 14.7. The van der Waals surface area contributed by atoms with Gasteiger partial charge in [0.15, 0.2) is 0 Å². The number of nitro benzene ring substituents is 1. The minimum atomic E-state index is -4.41. The van der Waals surface area contributed by atoms with E-state index in [1.807, 2.05) is 0 Å². The van der Waals surface area contributed by atoms with E-state index in [0.29, 0.717) is 11.4 Å². The first kappa shape index (κ1) is 19.6. The van der Waals surface area contributed by atoms with Gasteiger partial charge < -0.3 is 11.1 Å². The van der Waals surface area contributed by atoms with E-state index in [4.69, 9.17) is 10.9 Å². The second-order valence-corrected chi connectivity index (χ2v) is 8.49. The van der Waals surface area contributed by atoms with Crippen molar-refractivity contribution in [3.8, 4) is 0 Å². The van der Waals surface area contributed by atoms with Crippen LogP contribution in [0.3, 0.4) is 0 Å². The third-order valence-corrected chi connectivity index (χ3v) is 5.28. The zero-order valence-electron chi connectivity index (χ0n) is 13.1. The summed E-state index contributed by atoms with van der Waals surface area (Å²) in [5.74, 6) is -1.06. The molecule has 0 atom stereocenters. The summed E-state index contributed by atoms with van der Waals surface area (Å²) >= 11 is 0. The normalized spacial score (nSPS) is 11.9. The van der Waals surface area contributed by atoms with Crippen molar-refractivity contribution in [2.45, 2.75) is 4.90 Å². The van der Waals surface area contributed by atoms with Crippen LogP contribution in [0.4, 0.5) is 22.7 Å². The molecular weight excluding hydrogens is 386 g/mol. The maximum atomic E-state index is 12.4. The summed E-state index contributed by atoms with van der Waals surface area (Å²) < 4.78 is 48.6. The molecule has 0 spiro atoms. The molecule has 0 aromatic heterocycles. The fourth-order valence-electron chi connectivity index (χ4n) is 1.91. The Morgan fingerprint density at radius 3 is 2.19 bits per heavy atom. The molecule has 0 aliphatic rings. The SMILES string of the molecule is Nc1ccc(Nc2ccc([N+](=O)[O-])cc2S(=O)(=O)NCS(N)(=O)=O)cc1. The molecule has 0 fully saturated rings. The molecule has 6 N–H and O–H groups in total. The largest absolute Gasteiger partial charge is 0.399 e. The van der Waals surface area contributed by atoms with E-state index in [1.54, 1.807) is 29.0 Å². The Kier molecular flexibility index (Phi) is 5.46. The van der Waals surface area contributed by atoms with E-state index in [1.165, 1.54) is 6.07 Å². The lowest BCUT2D eigenvalue weighted by atomic mass is 10.2. The number of nitrogens with zero attached hydrogens (tertiary/aromatic N) is 1. The minimum Gasteiger partial charge on any atom is -0.399 e. The van der Waals surface area contributed by atoms with Crippen LogP contribution in [0.1, 0.15) is 0 Å². The number of nitrogens with one attached hydrogen (secondary N) is 2. The van der Waals surface area contributed by atoms with Gasteiger partial charge in [0.1, 0.15) is 10.8 Å². The summed E-state index contributed by atoms with van der Waals surface area (Å²) in [5, 5.41) is 18.5. The van der Waals surface area contributed by atoms with Gasteiger partial charge in [0.25, 0.3) is 5.69 Å². The number of primary sulfonamides is 1. The predicted molar refractivity (Wildman–Crippen MR) is 95.5 cm³/mol. The standard InChI is InChI=1S/C13H15N5O6S2/c14-9-1-3-10(4-2-9)17-12-6-5-11(18(19)20)7-13(12)26(23,24)16-8-25(15,21)22/h1-7,16-17H,8,14H2,(H2,15,21,22). The summed E-state index contributed by atoms with van der Waals surface area (Å²) in [4.78, 5) is 9.67. The average Bonchev–Trinajstić information content (AvgIpc) is 2.54. The number of sulfonamides is 2. The fourth-order valence-corrected chi connectivity index (χ4v) is 4.03. The van der Waals surface area contributed by atoms with Gasteiger partial charge in [-0.1, -0.05) is 0 Å². The molecule has 0 amide bonds. The van der Waals surface area contributed by atoms with Gasteiger partial charge in [-0.05, 0) is 30.3 Å². The molecule has 140 valence electrons. The van der Waals surface area contributed by atoms with Crippen LogP contribution < -0.4 is 20.9 Å². The van der Waals surface area contributed by atoms with Crippen LogP contribution in [0.2, 0.25) is 0 Å². The molecule has 0 heterocycles. The second kappa shape index (κ2) is 7.25. The van der Waals surface area contributed by atoms with Crippen LogP contribution in [0.5, 0.6) is 0 Å². The van der Waals surface area contributed by atoms with Crippen LogP contribution in [0.15, 0.2) is 47.4 Å². The number of rotatable bonds is 7. The Hall–Kier alpha value is -2.74. The quantitative estimate of drug-likeness (QED) is 0.292. The van der Waals surface area contributed by atoms with Gasteiger partial charge >= 0.3 is 0 Å². The highest BCUT2D eigenvalue weighted by molar-refractivity contribution is 7.92. The van der Waals surface area contributed by atoms with Crippen molar-refractivity contribution in [3.05, 3.63) is 52.6 Å². The summed E-state index contributed by atoms with van der Waals surface area (Å²) in [6.45, 7) is 0. The van der Waals surface area contributed by atoms with Gasteiger partial charge in [-0.3, -0.25) is 10.1 Å². The molecule has 2 aromatic carbocycles. The van der Waals surface area contributed by atoms with E-state index in [9.17, 15) is 26.9 Å². The van der Waals surface area contributed by atoms with E-state index in [0.717, 1.165) is 12.1 Å². The van der Waals surface area contributed by atoms with Gasteiger partial charge in [0, 0.05) is 23.5 Å². The smallest absolute Gasteiger partial charge is 0.270 e. The minimum absolute atomic E-state index is 0.00212. The maximum Gasteiger partial charge on any atom is 0.270 e. The number of hydrogen-bond donors (Lipinski definition) is 4. The highest BCUT2D eigenvalue weighted by Crippen LogP contribution is 2.29. The van der Waals surface area contributed by atoms with E-state index in [2.05, 4.69) is 5.32 Å². The summed E-state index contributed by atoms with van der Waals surface area (Å²) in [6, 6.07) is 9.40. The molecule has 0 bridgehead atoms. The first-order valence-electron chi connectivity index (χ1n) is 6.89. The monoisotopic (exact) mass is 401 g/mol. The molecule has 13 heteroatoms. The summed E-state index contributed by atoms with van der Waals surface area (Å²) in [5.41, 5.74) is 6.05. The molecule has 0 aliphatic carbocycles. The lowest BCUT2D eigenvalue weighted by Crippen LogP contribution is -2.33. The van der Waals surface area contributed by atoms with Crippen LogP contribution in [-0.4, -0.2) is 27.6 Å². The van der Waals surface area contributed by atoms with Gasteiger partial charge in [-0.15, -0.1) is 0 Å². The zero-order chi connectivity index (χ0) is 19.5.